The number of furan rings is 1. The maximum Gasteiger partial charge on any atom is 0.341 e. The summed E-state index contributed by atoms with van der Waals surface area (Å²) < 4.78 is 10.5. The Bertz CT molecular complexity index is 918. The molecular formula is C21H24N2O5S. The Balaban J connectivity index is 1.47. The fraction of sp³-hybridized carbons (Fsp3) is 0.476. The van der Waals surface area contributed by atoms with Gasteiger partial charge < -0.3 is 19.4 Å². The number of aryl methyl sites for hydroxylation is 1. The van der Waals surface area contributed by atoms with E-state index in [4.69, 9.17) is 9.15 Å². The highest BCUT2D eigenvalue weighted by molar-refractivity contribution is 7.17. The van der Waals surface area contributed by atoms with E-state index in [1.54, 1.807) is 17.0 Å². The van der Waals surface area contributed by atoms with Crippen molar-refractivity contribution in [1.82, 2.24) is 4.90 Å². The third-order valence-corrected chi connectivity index (χ3v) is 6.75. The second kappa shape index (κ2) is 8.41. The molecule has 2 amide bonds. The number of carbonyl (C=O) groups excluding carboxylic acids is 3. The summed E-state index contributed by atoms with van der Waals surface area (Å²) in [6.45, 7) is 2.45. The summed E-state index contributed by atoms with van der Waals surface area (Å²) in [5.41, 5.74) is 1.30. The van der Waals surface area contributed by atoms with Crippen LogP contribution in [0.25, 0.3) is 0 Å². The van der Waals surface area contributed by atoms with Crippen LogP contribution in [0.4, 0.5) is 5.00 Å². The van der Waals surface area contributed by atoms with E-state index in [9.17, 15) is 14.4 Å². The van der Waals surface area contributed by atoms with Gasteiger partial charge >= 0.3 is 5.97 Å². The van der Waals surface area contributed by atoms with Crippen molar-refractivity contribution < 1.29 is 23.5 Å². The van der Waals surface area contributed by atoms with Gasteiger partial charge in [0, 0.05) is 17.5 Å². The normalized spacial score (nSPS) is 18.4. The van der Waals surface area contributed by atoms with Gasteiger partial charge in [0.15, 0.2) is 12.4 Å². The molecule has 1 aliphatic heterocycles. The number of nitrogens with one attached hydrogen (secondary N) is 1. The number of rotatable bonds is 5. The lowest BCUT2D eigenvalue weighted by Gasteiger charge is -2.33. The molecular weight excluding hydrogens is 392 g/mol. The number of fused-ring (bicyclic) bond motifs is 1. The van der Waals surface area contributed by atoms with Crippen LogP contribution in [0.1, 0.15) is 64.0 Å². The van der Waals surface area contributed by atoms with Gasteiger partial charge in [-0.3, -0.25) is 9.59 Å². The molecule has 0 spiro atoms. The zero-order chi connectivity index (χ0) is 20.4. The first-order valence-corrected chi connectivity index (χ1v) is 10.8. The molecule has 2 aliphatic rings. The van der Waals surface area contributed by atoms with Gasteiger partial charge in [-0.2, -0.15) is 0 Å². The van der Waals surface area contributed by atoms with Crippen molar-refractivity contribution in [3.05, 3.63) is 40.2 Å². The Hall–Kier alpha value is -2.61. The lowest BCUT2D eigenvalue weighted by molar-refractivity contribution is -0.137. The van der Waals surface area contributed by atoms with Gasteiger partial charge in [0.25, 0.3) is 11.8 Å². The first-order valence-electron chi connectivity index (χ1n) is 10.0. The van der Waals surface area contributed by atoms with Crippen molar-refractivity contribution in [2.45, 2.75) is 51.5 Å². The Kier molecular flexibility index (Phi) is 5.71. The number of esters is 1. The molecule has 1 N–H and O–H groups in total. The Labute approximate surface area is 173 Å². The zero-order valence-electron chi connectivity index (χ0n) is 16.4. The van der Waals surface area contributed by atoms with Gasteiger partial charge in [-0.1, -0.05) is 0 Å². The van der Waals surface area contributed by atoms with Gasteiger partial charge in [-0.25, -0.2) is 4.79 Å². The number of thiophene rings is 1. The average Bonchev–Trinajstić information content (AvgIpc) is 3.43. The highest BCUT2D eigenvalue weighted by Gasteiger charge is 2.30. The molecule has 2 aromatic rings. The van der Waals surface area contributed by atoms with E-state index in [1.165, 1.54) is 17.6 Å². The highest BCUT2D eigenvalue weighted by atomic mass is 32.1. The van der Waals surface area contributed by atoms with Crippen LogP contribution < -0.4 is 5.32 Å². The summed E-state index contributed by atoms with van der Waals surface area (Å²) >= 11 is 1.40. The number of hydrogen-bond donors (Lipinski definition) is 1. The third kappa shape index (κ3) is 4.07. The monoisotopic (exact) mass is 416 g/mol. The van der Waals surface area contributed by atoms with Crippen molar-refractivity contribution in [3.63, 3.8) is 0 Å². The summed E-state index contributed by atoms with van der Waals surface area (Å²) in [6, 6.07) is 3.36. The standard InChI is InChI=1S/C21H24N2O5S/c1-13-6-2-3-10-23(13)17(24)12-28-21(26)18-14-7-4-9-16(14)29-20(18)22-19(25)15-8-5-11-27-15/h5,8,11,13H,2-4,6-7,9-10,12H2,1H3,(H,22,25). The smallest absolute Gasteiger partial charge is 0.341 e. The van der Waals surface area contributed by atoms with Crippen LogP contribution in [-0.4, -0.2) is 41.9 Å². The largest absolute Gasteiger partial charge is 0.459 e. The van der Waals surface area contributed by atoms with Crippen LogP contribution in [0.15, 0.2) is 22.8 Å². The van der Waals surface area contributed by atoms with Crippen LogP contribution >= 0.6 is 11.3 Å². The first-order chi connectivity index (χ1) is 14.0. The van der Waals surface area contributed by atoms with Crippen molar-refractivity contribution in [2.24, 2.45) is 0 Å². The molecule has 0 aromatic carbocycles. The fourth-order valence-corrected chi connectivity index (χ4v) is 5.30. The Morgan fingerprint density at radius 3 is 2.90 bits per heavy atom. The summed E-state index contributed by atoms with van der Waals surface area (Å²) in [5.74, 6) is -0.968. The molecule has 1 saturated heterocycles. The number of piperidine rings is 1. The van der Waals surface area contributed by atoms with E-state index in [0.29, 0.717) is 17.1 Å². The lowest BCUT2D eigenvalue weighted by atomic mass is 10.0. The van der Waals surface area contributed by atoms with Gasteiger partial charge in [0.2, 0.25) is 0 Å². The third-order valence-electron chi connectivity index (χ3n) is 5.55. The predicted octanol–water partition coefficient (Wildman–Crippen LogP) is 3.64. The molecule has 7 nitrogen and oxygen atoms in total. The van der Waals surface area contributed by atoms with E-state index < -0.39 is 11.9 Å². The minimum Gasteiger partial charge on any atom is -0.459 e. The lowest BCUT2D eigenvalue weighted by Crippen LogP contribution is -2.44. The van der Waals surface area contributed by atoms with Crippen LogP contribution in [0.5, 0.6) is 0 Å². The van der Waals surface area contributed by atoms with Crippen LogP contribution in [0.3, 0.4) is 0 Å². The number of ether oxygens (including phenoxy) is 1. The maximum atomic E-state index is 12.9. The zero-order valence-corrected chi connectivity index (χ0v) is 17.2. The fourth-order valence-electron chi connectivity index (χ4n) is 4.03. The minimum absolute atomic E-state index is 0.168. The van der Waals surface area contributed by atoms with Gasteiger partial charge in [0.1, 0.15) is 5.00 Å². The average molecular weight is 416 g/mol. The predicted molar refractivity (Wildman–Crippen MR) is 108 cm³/mol. The summed E-state index contributed by atoms with van der Waals surface area (Å²) in [7, 11) is 0. The topological polar surface area (TPSA) is 88.9 Å². The number of carbonyl (C=O) groups is 3. The van der Waals surface area contributed by atoms with Gasteiger partial charge in [-0.05, 0) is 63.1 Å². The quantitative estimate of drug-likeness (QED) is 0.752. The summed E-state index contributed by atoms with van der Waals surface area (Å²) in [5, 5.41) is 3.23. The van der Waals surface area contributed by atoms with E-state index in [1.807, 2.05) is 6.92 Å². The summed E-state index contributed by atoms with van der Waals surface area (Å²) in [4.78, 5) is 40.6. The van der Waals surface area contributed by atoms with Crippen molar-refractivity contribution >= 4 is 34.1 Å². The number of hydrogen-bond acceptors (Lipinski definition) is 6. The molecule has 0 radical (unpaired) electrons. The Morgan fingerprint density at radius 1 is 1.28 bits per heavy atom. The molecule has 154 valence electrons. The maximum absolute atomic E-state index is 12.9. The van der Waals surface area contributed by atoms with Gasteiger partial charge in [-0.15, -0.1) is 11.3 Å². The van der Waals surface area contributed by atoms with Crippen molar-refractivity contribution in [2.75, 3.05) is 18.5 Å². The number of likely N-dealkylation sites (tertiary alicyclic amines) is 1. The molecule has 1 atom stereocenters. The second-order valence-electron chi connectivity index (χ2n) is 7.50. The molecule has 8 heteroatoms. The van der Waals surface area contributed by atoms with Crippen LogP contribution in [-0.2, 0) is 22.4 Å². The Morgan fingerprint density at radius 2 is 2.14 bits per heavy atom. The summed E-state index contributed by atoms with van der Waals surface area (Å²) in [6.07, 6.45) is 7.10. The van der Waals surface area contributed by atoms with E-state index in [0.717, 1.165) is 49.0 Å². The molecule has 0 saturated carbocycles. The molecule has 1 aliphatic carbocycles. The molecule has 1 fully saturated rings. The molecule has 3 heterocycles. The van der Waals surface area contributed by atoms with Crippen LogP contribution in [0, 0.1) is 0 Å². The SMILES string of the molecule is CC1CCCCN1C(=O)COC(=O)c1c(NC(=O)c2ccco2)sc2c1CCC2. The van der Waals surface area contributed by atoms with Crippen molar-refractivity contribution in [3.8, 4) is 0 Å². The molecule has 1 unspecified atom stereocenters. The molecule has 4 rings (SSSR count). The second-order valence-corrected chi connectivity index (χ2v) is 8.61. The molecule has 2 aromatic heterocycles. The number of amides is 2. The first kappa shape index (κ1) is 19.7. The highest BCUT2D eigenvalue weighted by Crippen LogP contribution is 2.39. The number of nitrogens with zero attached hydrogens (tertiary/aromatic N) is 1. The molecule has 29 heavy (non-hydrogen) atoms. The van der Waals surface area contributed by atoms with Crippen LogP contribution in [0.2, 0.25) is 0 Å². The van der Waals surface area contributed by atoms with E-state index >= 15 is 0 Å². The minimum atomic E-state index is -0.558. The van der Waals surface area contributed by atoms with E-state index in [2.05, 4.69) is 5.32 Å². The van der Waals surface area contributed by atoms with Crippen molar-refractivity contribution in [1.29, 1.82) is 0 Å². The van der Waals surface area contributed by atoms with E-state index in [-0.39, 0.29) is 24.3 Å². The van der Waals surface area contributed by atoms with Gasteiger partial charge in [0.05, 0.1) is 11.8 Å². The molecule has 0 bridgehead atoms. The number of anilines is 1.